The van der Waals surface area contributed by atoms with Crippen molar-refractivity contribution in [1.29, 1.82) is 5.41 Å². The van der Waals surface area contributed by atoms with Crippen molar-refractivity contribution in [1.82, 2.24) is 9.80 Å². The van der Waals surface area contributed by atoms with E-state index in [9.17, 15) is 4.39 Å². The highest BCUT2D eigenvalue weighted by atomic mass is 19.1. The average Bonchev–Trinajstić information content (AvgIpc) is 2.37. The van der Waals surface area contributed by atoms with Gasteiger partial charge in [0.2, 0.25) is 0 Å². The lowest BCUT2D eigenvalue weighted by Crippen LogP contribution is -2.34. The van der Waals surface area contributed by atoms with E-state index in [-0.39, 0.29) is 17.2 Å². The predicted octanol–water partition coefficient (Wildman–Crippen LogP) is 2.13. The smallest absolute Gasteiger partial charge is 0.138 e. The molecule has 3 N–H and O–H groups in total. The highest BCUT2D eigenvalue weighted by Crippen LogP contribution is 2.15. The number of halogens is 1. The summed E-state index contributed by atoms with van der Waals surface area (Å²) in [5, 5.41) is 7.42. The summed E-state index contributed by atoms with van der Waals surface area (Å²) in [5.41, 5.74) is 6.20. The van der Waals surface area contributed by atoms with Crippen LogP contribution in [0, 0.1) is 17.1 Å². The van der Waals surface area contributed by atoms with E-state index >= 15 is 0 Å². The molecule has 5 heteroatoms. The fourth-order valence-electron chi connectivity index (χ4n) is 2.24. The van der Waals surface area contributed by atoms with Crippen LogP contribution in [0.2, 0.25) is 0 Å². The fraction of sp³-hybridized carbons (Fsp3) is 0.562. The van der Waals surface area contributed by atoms with Crippen molar-refractivity contribution in [3.05, 3.63) is 35.1 Å². The largest absolute Gasteiger partial charge is 0.384 e. The molecule has 0 aliphatic rings. The Morgan fingerprint density at radius 3 is 2.48 bits per heavy atom. The summed E-state index contributed by atoms with van der Waals surface area (Å²) in [6, 6.07) is 5.08. The first kappa shape index (κ1) is 17.6. The molecule has 1 aromatic carbocycles. The number of nitrogens with two attached hydrogens (primary N) is 1. The molecule has 1 rings (SSSR count). The minimum Gasteiger partial charge on any atom is -0.384 e. The number of amidine groups is 1. The second-order valence-corrected chi connectivity index (χ2v) is 6.12. The maximum absolute atomic E-state index is 14.4. The summed E-state index contributed by atoms with van der Waals surface area (Å²) < 4.78 is 14.4. The number of benzene rings is 1. The molecule has 0 amide bonds. The zero-order valence-electron chi connectivity index (χ0n) is 13.5. The molecular weight excluding hydrogens is 267 g/mol. The van der Waals surface area contributed by atoms with E-state index in [4.69, 9.17) is 11.1 Å². The van der Waals surface area contributed by atoms with Crippen molar-refractivity contribution < 1.29 is 4.39 Å². The van der Waals surface area contributed by atoms with Crippen molar-refractivity contribution in [2.45, 2.75) is 20.4 Å². The standard InChI is InChI=1S/C16H27FN4/c1-12(2)10-21(9-8-20(3)4)11-13-6-5-7-14(15(13)17)16(18)19/h5-7,12H,8-11H2,1-4H3,(H3,18,19). The van der Waals surface area contributed by atoms with Gasteiger partial charge in [-0.2, -0.15) is 0 Å². The monoisotopic (exact) mass is 294 g/mol. The predicted molar refractivity (Wildman–Crippen MR) is 86.1 cm³/mol. The van der Waals surface area contributed by atoms with E-state index in [1.165, 1.54) is 0 Å². The molecule has 0 saturated carbocycles. The second kappa shape index (κ2) is 8.10. The Balaban J connectivity index is 2.87. The maximum atomic E-state index is 14.4. The lowest BCUT2D eigenvalue weighted by molar-refractivity contribution is 0.209. The fourth-order valence-corrected chi connectivity index (χ4v) is 2.24. The van der Waals surface area contributed by atoms with Crippen LogP contribution in [0.15, 0.2) is 18.2 Å². The van der Waals surface area contributed by atoms with Gasteiger partial charge in [0, 0.05) is 31.7 Å². The third-order valence-electron chi connectivity index (χ3n) is 3.25. The van der Waals surface area contributed by atoms with Gasteiger partial charge in [-0.1, -0.05) is 26.0 Å². The second-order valence-electron chi connectivity index (χ2n) is 6.12. The van der Waals surface area contributed by atoms with Crippen molar-refractivity contribution in [3.8, 4) is 0 Å². The van der Waals surface area contributed by atoms with Crippen LogP contribution in [0.5, 0.6) is 0 Å². The third-order valence-corrected chi connectivity index (χ3v) is 3.25. The molecule has 0 bridgehead atoms. The highest BCUT2D eigenvalue weighted by Gasteiger charge is 2.14. The Morgan fingerprint density at radius 1 is 1.29 bits per heavy atom. The minimum atomic E-state index is -0.372. The van der Waals surface area contributed by atoms with Gasteiger partial charge in [-0.15, -0.1) is 0 Å². The molecule has 118 valence electrons. The van der Waals surface area contributed by atoms with E-state index < -0.39 is 0 Å². The normalized spacial score (nSPS) is 11.6. The number of hydrogen-bond acceptors (Lipinski definition) is 3. The van der Waals surface area contributed by atoms with Crippen molar-refractivity contribution in [2.24, 2.45) is 11.7 Å². The quantitative estimate of drug-likeness (QED) is 0.570. The van der Waals surface area contributed by atoms with Crippen LogP contribution in [0.4, 0.5) is 4.39 Å². The van der Waals surface area contributed by atoms with Gasteiger partial charge in [-0.25, -0.2) is 4.39 Å². The molecule has 0 aliphatic carbocycles. The molecule has 0 aromatic heterocycles. The Morgan fingerprint density at radius 2 is 1.95 bits per heavy atom. The van der Waals surface area contributed by atoms with Crippen LogP contribution >= 0.6 is 0 Å². The Hall–Kier alpha value is -1.46. The molecule has 0 spiro atoms. The Labute approximate surface area is 127 Å². The topological polar surface area (TPSA) is 56.4 Å². The maximum Gasteiger partial charge on any atom is 0.138 e. The summed E-state index contributed by atoms with van der Waals surface area (Å²) in [7, 11) is 4.06. The van der Waals surface area contributed by atoms with E-state index in [1.54, 1.807) is 18.2 Å². The first-order valence-corrected chi connectivity index (χ1v) is 7.30. The Kier molecular flexibility index (Phi) is 6.78. The number of hydrogen-bond donors (Lipinski definition) is 2. The molecule has 0 atom stereocenters. The van der Waals surface area contributed by atoms with Crippen molar-refractivity contribution in [2.75, 3.05) is 33.7 Å². The van der Waals surface area contributed by atoms with Gasteiger partial charge in [0.05, 0.1) is 5.56 Å². The third kappa shape index (κ3) is 5.81. The van der Waals surface area contributed by atoms with Gasteiger partial charge in [0.15, 0.2) is 0 Å². The summed E-state index contributed by atoms with van der Waals surface area (Å²) in [5.74, 6) is -0.0760. The molecular formula is C16H27FN4. The van der Waals surface area contributed by atoms with Crippen LogP contribution in [-0.2, 0) is 6.54 Å². The lowest BCUT2D eigenvalue weighted by Gasteiger charge is -2.26. The first-order chi connectivity index (χ1) is 9.81. The number of rotatable bonds is 8. The summed E-state index contributed by atoms with van der Waals surface area (Å²) in [6.45, 7) is 7.59. The Bertz CT molecular complexity index is 471. The van der Waals surface area contributed by atoms with Gasteiger partial charge in [0.25, 0.3) is 0 Å². The molecule has 0 unspecified atom stereocenters. The molecule has 0 heterocycles. The number of likely N-dealkylation sites (N-methyl/N-ethyl adjacent to an activating group) is 1. The highest BCUT2D eigenvalue weighted by molar-refractivity contribution is 5.95. The van der Waals surface area contributed by atoms with Crippen LogP contribution in [0.3, 0.4) is 0 Å². The van der Waals surface area contributed by atoms with Crippen LogP contribution in [-0.4, -0.2) is 49.4 Å². The van der Waals surface area contributed by atoms with Crippen LogP contribution in [0.1, 0.15) is 25.0 Å². The van der Waals surface area contributed by atoms with E-state index in [1.807, 2.05) is 14.1 Å². The van der Waals surface area contributed by atoms with Gasteiger partial charge in [0.1, 0.15) is 11.7 Å². The molecule has 21 heavy (non-hydrogen) atoms. The summed E-state index contributed by atoms with van der Waals surface area (Å²) in [6.07, 6.45) is 0. The van der Waals surface area contributed by atoms with Gasteiger partial charge in [-0.3, -0.25) is 10.3 Å². The first-order valence-electron chi connectivity index (χ1n) is 7.30. The van der Waals surface area contributed by atoms with Crippen molar-refractivity contribution in [3.63, 3.8) is 0 Å². The zero-order valence-corrected chi connectivity index (χ0v) is 13.5. The zero-order chi connectivity index (χ0) is 16.0. The van der Waals surface area contributed by atoms with Crippen LogP contribution < -0.4 is 5.73 Å². The molecule has 0 saturated heterocycles. The summed E-state index contributed by atoms with van der Waals surface area (Å²) >= 11 is 0. The molecule has 4 nitrogen and oxygen atoms in total. The molecule has 0 aliphatic heterocycles. The SMILES string of the molecule is CC(C)CN(CCN(C)C)Cc1cccc(C(=N)N)c1F. The van der Waals surface area contributed by atoms with Crippen LogP contribution in [0.25, 0.3) is 0 Å². The minimum absolute atomic E-state index is 0.185. The molecule has 0 radical (unpaired) electrons. The number of nitrogens with zero attached hydrogens (tertiary/aromatic N) is 2. The van der Waals surface area contributed by atoms with Crippen molar-refractivity contribution >= 4 is 5.84 Å². The van der Waals surface area contributed by atoms with E-state index in [2.05, 4.69) is 23.6 Å². The van der Waals surface area contributed by atoms with E-state index in [0.29, 0.717) is 18.0 Å². The number of nitrogen functional groups attached to an aromatic ring is 1. The van der Waals surface area contributed by atoms with E-state index in [0.717, 1.165) is 19.6 Å². The molecule has 0 fully saturated rings. The summed E-state index contributed by atoms with van der Waals surface area (Å²) in [4.78, 5) is 4.36. The lowest BCUT2D eigenvalue weighted by atomic mass is 10.1. The molecule has 1 aromatic rings. The van der Waals surface area contributed by atoms with Gasteiger partial charge < -0.3 is 10.6 Å². The van der Waals surface area contributed by atoms with Gasteiger partial charge in [-0.05, 0) is 26.1 Å². The van der Waals surface area contributed by atoms with Gasteiger partial charge >= 0.3 is 0 Å². The average molecular weight is 294 g/mol. The number of nitrogens with one attached hydrogen (secondary N) is 1.